The Kier molecular flexibility index (Phi) is 1.13. The molecule has 9 heavy (non-hydrogen) atoms. The van der Waals surface area contributed by atoms with E-state index in [4.69, 9.17) is 0 Å². The van der Waals surface area contributed by atoms with Gasteiger partial charge in [-0.1, -0.05) is 38.5 Å². The minimum Gasteiger partial charge on any atom is -0.0917 e. The van der Waals surface area contributed by atoms with Crippen molar-refractivity contribution in [2.45, 2.75) is 0 Å². The van der Waals surface area contributed by atoms with Crippen LogP contribution in [0.1, 0.15) is 0 Å². The maximum atomic E-state index is 2.29. The minimum atomic E-state index is 1.21. The first-order chi connectivity index (χ1) is 4.47. The van der Waals surface area contributed by atoms with E-state index < -0.39 is 0 Å². The molecule has 1 heterocycles. The van der Waals surface area contributed by atoms with Crippen molar-refractivity contribution in [2.24, 2.45) is 0 Å². The van der Waals surface area contributed by atoms with Gasteiger partial charge in [-0.2, -0.15) is 0 Å². The third-order valence-electron chi connectivity index (χ3n) is 1.51. The number of hydrogen-bond acceptors (Lipinski definition) is 0. The van der Waals surface area contributed by atoms with E-state index in [0.29, 0.717) is 0 Å². The van der Waals surface area contributed by atoms with Crippen LogP contribution in [0.4, 0.5) is 0 Å². The lowest BCUT2D eigenvalue weighted by molar-refractivity contribution is 1.58. The summed E-state index contributed by atoms with van der Waals surface area (Å²) in [5, 5.41) is 1.43. The number of benzene rings is 1. The van der Waals surface area contributed by atoms with E-state index in [-0.39, 0.29) is 0 Å². The topological polar surface area (TPSA) is 0 Å². The van der Waals surface area contributed by atoms with Gasteiger partial charge in [-0.25, -0.2) is 0 Å². The van der Waals surface area contributed by atoms with Crippen molar-refractivity contribution < 1.29 is 0 Å². The molecule has 0 unspecified atom stereocenters. The van der Waals surface area contributed by atoms with Crippen molar-refractivity contribution in [3.05, 3.63) is 34.4 Å². The molecular weight excluding hydrogens is 127 g/mol. The normalized spacial score (nSPS) is 15.6. The van der Waals surface area contributed by atoms with Crippen LogP contribution >= 0.6 is 8.20 Å². The monoisotopic (exact) mass is 134 g/mol. The molecule has 2 rings (SSSR count). The van der Waals surface area contributed by atoms with Crippen LogP contribution in [0.15, 0.2) is 24.3 Å². The number of hydrogen-bond donors (Lipinski definition) is 0. The molecule has 0 aliphatic carbocycles. The summed E-state index contributed by atoms with van der Waals surface area (Å²) in [6.07, 6.45) is 3.50. The van der Waals surface area contributed by atoms with Crippen LogP contribution in [0.25, 0.3) is 6.08 Å². The fourth-order valence-corrected chi connectivity index (χ4v) is 2.07. The largest absolute Gasteiger partial charge is 0.0917 e. The van der Waals surface area contributed by atoms with Crippen LogP contribution in [-0.2, 0) is 0 Å². The molecule has 0 fully saturated rings. The Balaban J connectivity index is 2.97. The lowest BCUT2D eigenvalue weighted by atomic mass is 10.3. The second-order valence-electron chi connectivity index (χ2n) is 2.10. The van der Waals surface area contributed by atoms with Gasteiger partial charge in [-0.05, 0) is 5.22 Å². The average molecular weight is 134 g/mol. The van der Waals surface area contributed by atoms with E-state index in [2.05, 4.69) is 30.3 Å². The Morgan fingerprint density at radius 3 is 3.00 bits per heavy atom. The molecule has 1 aromatic carbocycles. The zero-order chi connectivity index (χ0) is 6.10. The molecule has 1 aliphatic heterocycles. The molecule has 1 aromatic rings. The van der Waals surface area contributed by atoms with Crippen molar-refractivity contribution in [1.29, 1.82) is 0 Å². The van der Waals surface area contributed by atoms with E-state index in [9.17, 15) is 0 Å². The summed E-state index contributed by atoms with van der Waals surface area (Å²) >= 11 is 0. The fraction of sp³-hybridized carbons (Fsp3) is 0.125. The smallest absolute Gasteiger partial charge is 0.00892 e. The van der Waals surface area contributed by atoms with Crippen LogP contribution in [0.5, 0.6) is 0 Å². The van der Waals surface area contributed by atoms with Crippen molar-refractivity contribution in [3.63, 3.8) is 0 Å². The van der Waals surface area contributed by atoms with E-state index in [1.54, 1.807) is 0 Å². The Labute approximate surface area is 55.6 Å². The lowest BCUT2D eigenvalue weighted by Crippen LogP contribution is -1.95. The summed E-state index contributed by atoms with van der Waals surface area (Å²) in [4.78, 5) is 1.48. The predicted molar refractivity (Wildman–Crippen MR) is 41.2 cm³/mol. The van der Waals surface area contributed by atoms with Gasteiger partial charge in [0.2, 0.25) is 0 Å². The molecule has 0 spiro atoms. The summed E-state index contributed by atoms with van der Waals surface area (Å²) in [6, 6.07) is 8.57. The van der Waals surface area contributed by atoms with Crippen LogP contribution in [0.3, 0.4) is 0 Å². The number of rotatable bonds is 0. The SMILES string of the molecule is C1=c2ccccc2=PC1. The van der Waals surface area contributed by atoms with Gasteiger partial charge in [-0.3, -0.25) is 0 Å². The third-order valence-corrected chi connectivity index (χ3v) is 2.62. The van der Waals surface area contributed by atoms with Gasteiger partial charge in [-0.15, -0.1) is 0 Å². The summed E-state index contributed by atoms with van der Waals surface area (Å²) in [7, 11) is 1.47. The summed E-state index contributed by atoms with van der Waals surface area (Å²) in [5.41, 5.74) is 0. The van der Waals surface area contributed by atoms with Crippen LogP contribution < -0.4 is 5.22 Å². The maximum Gasteiger partial charge on any atom is 0.00892 e. The van der Waals surface area contributed by atoms with Crippen molar-refractivity contribution >= 4 is 14.3 Å². The fourth-order valence-electron chi connectivity index (χ4n) is 1.05. The molecule has 0 aromatic heterocycles. The van der Waals surface area contributed by atoms with Crippen LogP contribution in [0.2, 0.25) is 0 Å². The van der Waals surface area contributed by atoms with Gasteiger partial charge in [0.1, 0.15) is 0 Å². The standard InChI is InChI=1S/C8H7P/c1-2-4-8-7(3-1)5-6-9-8/h1-5H,6H2. The molecule has 0 saturated heterocycles. The van der Waals surface area contributed by atoms with Crippen molar-refractivity contribution in [2.75, 3.05) is 6.16 Å². The highest BCUT2D eigenvalue weighted by molar-refractivity contribution is 7.30. The second kappa shape index (κ2) is 1.97. The Morgan fingerprint density at radius 2 is 2.11 bits per heavy atom. The molecule has 0 atom stereocenters. The molecular formula is C8H7P. The Hall–Kier alpha value is -0.610. The van der Waals surface area contributed by atoms with Gasteiger partial charge in [0.25, 0.3) is 0 Å². The molecule has 44 valence electrons. The first kappa shape index (κ1) is 5.20. The highest BCUT2D eigenvalue weighted by atomic mass is 31.1. The van der Waals surface area contributed by atoms with Crippen molar-refractivity contribution in [3.8, 4) is 0 Å². The van der Waals surface area contributed by atoms with Gasteiger partial charge >= 0.3 is 0 Å². The molecule has 0 N–H and O–H groups in total. The minimum absolute atomic E-state index is 1.21. The van der Waals surface area contributed by atoms with Gasteiger partial charge in [0.15, 0.2) is 0 Å². The predicted octanol–water partition coefficient (Wildman–Crippen LogP) is 1.68. The molecule has 0 bridgehead atoms. The van der Waals surface area contributed by atoms with Crippen LogP contribution in [0, 0.1) is 4.94 Å². The van der Waals surface area contributed by atoms with E-state index >= 15 is 0 Å². The summed E-state index contributed by atoms with van der Waals surface area (Å²) in [6.45, 7) is 0. The summed E-state index contributed by atoms with van der Waals surface area (Å²) < 4.78 is 0. The highest BCUT2D eigenvalue weighted by Gasteiger charge is 1.88. The van der Waals surface area contributed by atoms with Gasteiger partial charge in [0.05, 0.1) is 0 Å². The Morgan fingerprint density at radius 1 is 1.22 bits per heavy atom. The molecule has 0 nitrogen and oxygen atoms in total. The Bertz CT molecular complexity index is 292. The zero-order valence-electron chi connectivity index (χ0n) is 5.04. The number of fused-ring (bicyclic) bond motifs is 1. The van der Waals surface area contributed by atoms with Crippen LogP contribution in [-0.4, -0.2) is 6.16 Å². The van der Waals surface area contributed by atoms with Crippen molar-refractivity contribution in [1.82, 2.24) is 0 Å². The average Bonchev–Trinajstić information content (AvgIpc) is 2.33. The molecule has 0 amide bonds. The molecule has 1 heteroatoms. The maximum absolute atomic E-state index is 2.29. The first-order valence-electron chi connectivity index (χ1n) is 3.06. The lowest BCUT2D eigenvalue weighted by Gasteiger charge is -1.78. The summed E-state index contributed by atoms with van der Waals surface area (Å²) in [5.74, 6) is 0. The molecule has 0 saturated carbocycles. The van der Waals surface area contributed by atoms with E-state index in [1.165, 1.54) is 24.5 Å². The highest BCUT2D eigenvalue weighted by Crippen LogP contribution is 2.06. The molecule has 0 radical (unpaired) electrons. The van der Waals surface area contributed by atoms with E-state index in [0.717, 1.165) is 0 Å². The zero-order valence-corrected chi connectivity index (χ0v) is 5.94. The van der Waals surface area contributed by atoms with E-state index in [1.807, 2.05) is 0 Å². The third kappa shape index (κ3) is 0.799. The quantitative estimate of drug-likeness (QED) is 0.473. The van der Waals surface area contributed by atoms with Gasteiger partial charge in [0, 0.05) is 11.1 Å². The van der Waals surface area contributed by atoms with Gasteiger partial charge < -0.3 is 0 Å². The molecule has 1 aliphatic rings. The first-order valence-corrected chi connectivity index (χ1v) is 4.14. The second-order valence-corrected chi connectivity index (χ2v) is 3.27.